The van der Waals surface area contributed by atoms with Crippen LogP contribution in [0, 0.1) is 0 Å². The van der Waals surface area contributed by atoms with Crippen LogP contribution in [0.2, 0.25) is 6.04 Å². The summed E-state index contributed by atoms with van der Waals surface area (Å²) in [4.78, 5) is 0. The first-order chi connectivity index (χ1) is 3.41. The predicted octanol–water partition coefficient (Wildman–Crippen LogP) is 1.03. The molecule has 0 aromatic rings. The van der Waals surface area contributed by atoms with Crippen LogP contribution in [-0.2, 0) is 4.43 Å². The molecule has 0 aliphatic heterocycles. The Balaban J connectivity index is 2.45. The molecule has 0 amide bonds. The van der Waals surface area contributed by atoms with Gasteiger partial charge in [0.25, 0.3) is 0 Å². The molecule has 0 aromatic carbocycles. The second-order valence-electron chi connectivity index (χ2n) is 1.09. The van der Waals surface area contributed by atoms with E-state index in [4.69, 9.17) is 4.43 Å². The van der Waals surface area contributed by atoms with Crippen molar-refractivity contribution in [3.8, 4) is 0 Å². The summed E-state index contributed by atoms with van der Waals surface area (Å²) in [5, 5.41) is 0. The van der Waals surface area contributed by atoms with Gasteiger partial charge in [-0.05, 0) is 18.1 Å². The maximum absolute atomic E-state index is 4.86. The van der Waals surface area contributed by atoms with E-state index < -0.39 is 0 Å². The lowest BCUT2D eigenvalue weighted by atomic mass is 11.0. The zero-order valence-electron chi connectivity index (χ0n) is 4.73. The third-order valence-corrected chi connectivity index (χ3v) is 2.27. The van der Waals surface area contributed by atoms with Crippen molar-refractivity contribution < 1.29 is 4.43 Å². The largest absolute Gasteiger partial charge is 0.421 e. The van der Waals surface area contributed by atoms with Crippen LogP contribution >= 0.6 is 11.8 Å². The molecule has 0 atom stereocenters. The van der Waals surface area contributed by atoms with Gasteiger partial charge in [0.15, 0.2) is 0 Å². The first-order valence-electron chi connectivity index (χ1n) is 2.16. The standard InChI is InChI=1S/C4H10OSSi/c1-5-7-4-3-6-2/h3-4H2,1-2H3. The van der Waals surface area contributed by atoms with Crippen molar-refractivity contribution in [3.05, 3.63) is 0 Å². The topological polar surface area (TPSA) is 9.23 Å². The lowest BCUT2D eigenvalue weighted by molar-refractivity contribution is 0.442. The maximum atomic E-state index is 4.86. The second kappa shape index (κ2) is 6.53. The number of hydrogen-bond acceptors (Lipinski definition) is 2. The van der Waals surface area contributed by atoms with Gasteiger partial charge in [0.2, 0.25) is 9.76 Å². The van der Waals surface area contributed by atoms with Gasteiger partial charge in [0.1, 0.15) is 0 Å². The van der Waals surface area contributed by atoms with Crippen LogP contribution < -0.4 is 0 Å². The highest BCUT2D eigenvalue weighted by atomic mass is 32.2. The van der Waals surface area contributed by atoms with Gasteiger partial charge >= 0.3 is 0 Å². The van der Waals surface area contributed by atoms with E-state index in [0.717, 1.165) is 0 Å². The predicted molar refractivity (Wildman–Crippen MR) is 36.0 cm³/mol. The van der Waals surface area contributed by atoms with Crippen molar-refractivity contribution in [2.45, 2.75) is 6.04 Å². The van der Waals surface area contributed by atoms with Gasteiger partial charge in [-0.15, -0.1) is 0 Å². The summed E-state index contributed by atoms with van der Waals surface area (Å²) in [5.41, 5.74) is 0. The van der Waals surface area contributed by atoms with E-state index in [1.54, 1.807) is 7.11 Å². The minimum Gasteiger partial charge on any atom is -0.421 e. The molecule has 0 bridgehead atoms. The van der Waals surface area contributed by atoms with Crippen molar-refractivity contribution >= 4 is 21.5 Å². The number of hydrogen-bond donors (Lipinski definition) is 0. The van der Waals surface area contributed by atoms with Crippen molar-refractivity contribution in [1.29, 1.82) is 0 Å². The normalized spacial score (nSPS) is 9.43. The van der Waals surface area contributed by atoms with Crippen LogP contribution in [0.15, 0.2) is 0 Å². The molecule has 7 heavy (non-hydrogen) atoms. The Bertz CT molecular complexity index is 30.9. The summed E-state index contributed by atoms with van der Waals surface area (Å²) in [6, 6.07) is 1.21. The first-order valence-corrected chi connectivity index (χ1v) is 4.67. The average Bonchev–Trinajstić information content (AvgIpc) is 1.69. The molecule has 3 heteroatoms. The SMILES string of the molecule is CO[Si]CCSC. The minimum absolute atomic E-state index is 0.701. The molecule has 0 saturated carbocycles. The Labute approximate surface area is 51.8 Å². The molecule has 42 valence electrons. The molecule has 2 radical (unpaired) electrons. The van der Waals surface area contributed by atoms with E-state index in [0.29, 0.717) is 9.76 Å². The van der Waals surface area contributed by atoms with Gasteiger partial charge in [-0.1, -0.05) is 0 Å². The van der Waals surface area contributed by atoms with Crippen molar-refractivity contribution in [2.24, 2.45) is 0 Å². The van der Waals surface area contributed by atoms with Gasteiger partial charge in [0.05, 0.1) is 0 Å². The first kappa shape index (κ1) is 7.53. The summed E-state index contributed by atoms with van der Waals surface area (Å²) in [6.45, 7) is 0. The third kappa shape index (κ3) is 6.53. The molecule has 0 aromatic heterocycles. The average molecular weight is 134 g/mol. The zero-order valence-corrected chi connectivity index (χ0v) is 6.55. The van der Waals surface area contributed by atoms with E-state index in [2.05, 4.69) is 6.26 Å². The molecule has 0 unspecified atom stereocenters. The maximum Gasteiger partial charge on any atom is 0.229 e. The fraction of sp³-hybridized carbons (Fsp3) is 1.00. The fourth-order valence-electron chi connectivity index (χ4n) is 0.246. The summed E-state index contributed by atoms with van der Waals surface area (Å²) >= 11 is 1.87. The summed E-state index contributed by atoms with van der Waals surface area (Å²) in [6.07, 6.45) is 2.11. The highest BCUT2D eigenvalue weighted by Crippen LogP contribution is 1.93. The van der Waals surface area contributed by atoms with Gasteiger partial charge in [0, 0.05) is 7.11 Å². The molecule has 0 aliphatic carbocycles. The monoisotopic (exact) mass is 134 g/mol. The Morgan fingerprint density at radius 1 is 1.71 bits per heavy atom. The summed E-state index contributed by atoms with van der Waals surface area (Å²) < 4.78 is 4.86. The van der Waals surface area contributed by atoms with Gasteiger partial charge in [-0.3, -0.25) is 0 Å². The third-order valence-electron chi connectivity index (χ3n) is 0.553. The molecule has 0 rings (SSSR count). The molecule has 0 aliphatic rings. The van der Waals surface area contributed by atoms with E-state index in [9.17, 15) is 0 Å². The Morgan fingerprint density at radius 2 is 2.43 bits per heavy atom. The van der Waals surface area contributed by atoms with Gasteiger partial charge in [-0.25, -0.2) is 0 Å². The van der Waals surface area contributed by atoms with Crippen molar-refractivity contribution in [1.82, 2.24) is 0 Å². The highest BCUT2D eigenvalue weighted by Gasteiger charge is 1.83. The minimum atomic E-state index is 0.701. The summed E-state index contributed by atoms with van der Waals surface area (Å²) in [7, 11) is 2.45. The number of rotatable bonds is 4. The lowest BCUT2D eigenvalue weighted by Gasteiger charge is -1.90. The smallest absolute Gasteiger partial charge is 0.229 e. The molecule has 0 fully saturated rings. The molecule has 0 spiro atoms. The molecular weight excluding hydrogens is 124 g/mol. The highest BCUT2D eigenvalue weighted by molar-refractivity contribution is 7.98. The molecule has 0 saturated heterocycles. The van der Waals surface area contributed by atoms with Crippen LogP contribution in [0.1, 0.15) is 0 Å². The van der Waals surface area contributed by atoms with Crippen LogP contribution in [0.25, 0.3) is 0 Å². The Morgan fingerprint density at radius 3 is 2.86 bits per heavy atom. The van der Waals surface area contributed by atoms with E-state index in [1.165, 1.54) is 11.8 Å². The Hall–Kier alpha value is 0.527. The fourth-order valence-corrected chi connectivity index (χ4v) is 1.60. The van der Waals surface area contributed by atoms with Crippen LogP contribution in [0.5, 0.6) is 0 Å². The molecule has 0 N–H and O–H groups in total. The van der Waals surface area contributed by atoms with Crippen LogP contribution in [0.4, 0.5) is 0 Å². The zero-order chi connectivity index (χ0) is 5.54. The van der Waals surface area contributed by atoms with E-state index in [1.807, 2.05) is 11.8 Å². The van der Waals surface area contributed by atoms with Crippen LogP contribution in [-0.4, -0.2) is 28.9 Å². The van der Waals surface area contributed by atoms with Crippen LogP contribution in [0.3, 0.4) is 0 Å². The van der Waals surface area contributed by atoms with E-state index >= 15 is 0 Å². The lowest BCUT2D eigenvalue weighted by Crippen LogP contribution is -1.92. The van der Waals surface area contributed by atoms with Crippen molar-refractivity contribution in [2.75, 3.05) is 19.1 Å². The quantitative estimate of drug-likeness (QED) is 0.419. The van der Waals surface area contributed by atoms with Gasteiger partial charge in [-0.2, -0.15) is 11.8 Å². The Kier molecular flexibility index (Phi) is 7.02. The van der Waals surface area contributed by atoms with Crippen molar-refractivity contribution in [3.63, 3.8) is 0 Å². The molecule has 1 nitrogen and oxygen atoms in total. The molecule has 0 heterocycles. The van der Waals surface area contributed by atoms with E-state index in [-0.39, 0.29) is 0 Å². The van der Waals surface area contributed by atoms with Gasteiger partial charge < -0.3 is 4.43 Å². The summed E-state index contributed by atoms with van der Waals surface area (Å²) in [5.74, 6) is 1.23. The molecular formula is C4H10OSSi. The second-order valence-corrected chi connectivity index (χ2v) is 3.27. The number of thioether (sulfide) groups is 1.